The second-order valence-corrected chi connectivity index (χ2v) is 8.88. The van der Waals surface area contributed by atoms with E-state index in [1.54, 1.807) is 35.4 Å². The predicted octanol–water partition coefficient (Wildman–Crippen LogP) is 3.97. The fraction of sp³-hybridized carbons (Fsp3) is 0.440. The second kappa shape index (κ2) is 11.3. The van der Waals surface area contributed by atoms with E-state index >= 15 is 4.39 Å². The molecule has 2 aliphatic rings. The Morgan fingerprint density at radius 2 is 1.72 bits per heavy atom. The second-order valence-electron chi connectivity index (χ2n) is 8.88. The summed E-state index contributed by atoms with van der Waals surface area (Å²) in [6, 6.07) is 6.84. The van der Waals surface area contributed by atoms with E-state index in [0.29, 0.717) is 56.2 Å². The van der Waals surface area contributed by atoms with Gasteiger partial charge in [-0.3, -0.25) is 9.69 Å². The van der Waals surface area contributed by atoms with Gasteiger partial charge in [-0.1, -0.05) is 12.1 Å². The molecule has 2 aromatic heterocycles. The Labute approximate surface area is 215 Å². The SMILES string of the molecule is Cc1ncc(-c2nc(N(C(=O)c3ccccc3N)C3CCOCC3)ncc2F)n1C1CCOCC1.Cl. The lowest BCUT2D eigenvalue weighted by atomic mass is 10.0. The van der Waals surface area contributed by atoms with E-state index in [2.05, 4.69) is 15.0 Å². The van der Waals surface area contributed by atoms with E-state index in [0.717, 1.165) is 24.9 Å². The monoisotopic (exact) mass is 516 g/mol. The molecular weight excluding hydrogens is 487 g/mol. The van der Waals surface area contributed by atoms with Crippen LogP contribution in [0.3, 0.4) is 0 Å². The quantitative estimate of drug-likeness (QED) is 0.511. The first-order valence-electron chi connectivity index (χ1n) is 11.9. The van der Waals surface area contributed by atoms with Gasteiger partial charge in [-0.25, -0.2) is 19.3 Å². The van der Waals surface area contributed by atoms with Gasteiger partial charge in [0, 0.05) is 44.2 Å². The molecule has 4 heterocycles. The number of halogens is 2. The summed E-state index contributed by atoms with van der Waals surface area (Å²) in [5.74, 6) is 0.0297. The van der Waals surface area contributed by atoms with Gasteiger partial charge in [-0.15, -0.1) is 12.4 Å². The molecule has 0 saturated carbocycles. The number of carbonyl (C=O) groups excluding carboxylic acids is 1. The summed E-state index contributed by atoms with van der Waals surface area (Å²) >= 11 is 0. The number of nitrogen functional groups attached to an aromatic ring is 1. The highest BCUT2D eigenvalue weighted by Gasteiger charge is 2.32. The number of nitrogens with zero attached hydrogens (tertiary/aromatic N) is 5. The van der Waals surface area contributed by atoms with Crippen LogP contribution in [-0.4, -0.2) is 57.9 Å². The lowest BCUT2D eigenvalue weighted by Crippen LogP contribution is -2.45. The summed E-state index contributed by atoms with van der Waals surface area (Å²) in [4.78, 5) is 28.6. The molecule has 2 aliphatic heterocycles. The number of carbonyl (C=O) groups is 1. The zero-order chi connectivity index (χ0) is 24.4. The maximum absolute atomic E-state index is 15.2. The maximum atomic E-state index is 15.2. The molecule has 0 spiro atoms. The van der Waals surface area contributed by atoms with Crippen LogP contribution in [-0.2, 0) is 9.47 Å². The molecule has 36 heavy (non-hydrogen) atoms. The van der Waals surface area contributed by atoms with Crippen LogP contribution in [0.15, 0.2) is 36.7 Å². The van der Waals surface area contributed by atoms with Crippen molar-refractivity contribution in [2.75, 3.05) is 37.1 Å². The molecule has 192 valence electrons. The Morgan fingerprint density at radius 1 is 1.06 bits per heavy atom. The Balaban J connectivity index is 0.00000304. The third kappa shape index (κ3) is 5.07. The van der Waals surface area contributed by atoms with Gasteiger partial charge < -0.3 is 19.8 Å². The number of aromatic nitrogens is 4. The molecular formula is C25H30ClFN6O3. The third-order valence-electron chi connectivity index (χ3n) is 6.69. The minimum atomic E-state index is -0.569. The van der Waals surface area contributed by atoms with Gasteiger partial charge >= 0.3 is 0 Å². The number of ether oxygens (including phenoxy) is 2. The normalized spacial score (nSPS) is 16.9. The first-order valence-corrected chi connectivity index (χ1v) is 11.9. The topological polar surface area (TPSA) is 108 Å². The van der Waals surface area contributed by atoms with Crippen molar-refractivity contribution in [2.45, 2.75) is 44.7 Å². The Kier molecular flexibility index (Phi) is 8.17. The number of hydrogen-bond acceptors (Lipinski definition) is 7. The molecule has 2 N–H and O–H groups in total. The van der Waals surface area contributed by atoms with Crippen molar-refractivity contribution in [3.05, 3.63) is 53.9 Å². The van der Waals surface area contributed by atoms with Gasteiger partial charge in [0.15, 0.2) is 5.82 Å². The van der Waals surface area contributed by atoms with Crippen molar-refractivity contribution < 1.29 is 18.7 Å². The van der Waals surface area contributed by atoms with E-state index in [9.17, 15) is 4.79 Å². The standard InChI is InChI=1S/C25H29FN6O3.ClH/c1-16-28-15-22(31(16)17-6-10-34-11-7-17)23-20(26)14-29-25(30-23)32(18-8-12-35-13-9-18)24(33)19-4-2-3-5-21(19)27;/h2-5,14-15,17-18H,6-13,27H2,1H3;1H. The summed E-state index contributed by atoms with van der Waals surface area (Å²) in [7, 11) is 0. The summed E-state index contributed by atoms with van der Waals surface area (Å²) in [6.45, 7) is 4.22. The van der Waals surface area contributed by atoms with Crippen molar-refractivity contribution >= 4 is 29.9 Å². The van der Waals surface area contributed by atoms with E-state index in [-0.39, 0.29) is 42.0 Å². The van der Waals surface area contributed by atoms with Crippen molar-refractivity contribution in [2.24, 2.45) is 0 Å². The van der Waals surface area contributed by atoms with Crippen molar-refractivity contribution in [1.29, 1.82) is 0 Å². The van der Waals surface area contributed by atoms with Crippen LogP contribution in [0.25, 0.3) is 11.4 Å². The molecule has 1 aromatic carbocycles. The zero-order valence-electron chi connectivity index (χ0n) is 20.1. The first-order chi connectivity index (χ1) is 17.0. The van der Waals surface area contributed by atoms with E-state index < -0.39 is 5.82 Å². The molecule has 0 bridgehead atoms. The molecule has 1 amide bonds. The molecule has 0 unspecified atom stereocenters. The fourth-order valence-corrected chi connectivity index (χ4v) is 4.87. The molecule has 3 aromatic rings. The number of rotatable bonds is 5. The number of aryl methyl sites for hydroxylation is 1. The fourth-order valence-electron chi connectivity index (χ4n) is 4.87. The Hall–Kier alpha value is -3.08. The van der Waals surface area contributed by atoms with Crippen LogP contribution in [0.4, 0.5) is 16.0 Å². The molecule has 2 fully saturated rings. The van der Waals surface area contributed by atoms with Gasteiger partial charge in [0.1, 0.15) is 11.5 Å². The van der Waals surface area contributed by atoms with E-state index in [4.69, 9.17) is 15.2 Å². The van der Waals surface area contributed by atoms with Crippen LogP contribution in [0, 0.1) is 12.7 Å². The largest absolute Gasteiger partial charge is 0.398 e. The minimum absolute atomic E-state index is 0. The lowest BCUT2D eigenvalue weighted by molar-refractivity contribution is 0.0694. The Bertz CT molecular complexity index is 1210. The van der Waals surface area contributed by atoms with Crippen LogP contribution in [0.5, 0.6) is 0 Å². The highest BCUT2D eigenvalue weighted by Crippen LogP contribution is 2.32. The summed E-state index contributed by atoms with van der Waals surface area (Å²) in [5.41, 5.74) is 7.53. The zero-order valence-corrected chi connectivity index (χ0v) is 20.9. The number of para-hydroxylation sites is 1. The predicted molar refractivity (Wildman–Crippen MR) is 136 cm³/mol. The van der Waals surface area contributed by atoms with Crippen molar-refractivity contribution in [3.63, 3.8) is 0 Å². The van der Waals surface area contributed by atoms with Gasteiger partial charge in [0.2, 0.25) is 5.95 Å². The molecule has 9 nitrogen and oxygen atoms in total. The van der Waals surface area contributed by atoms with Crippen molar-refractivity contribution in [1.82, 2.24) is 19.5 Å². The summed E-state index contributed by atoms with van der Waals surface area (Å²) < 4.78 is 28.2. The summed E-state index contributed by atoms with van der Waals surface area (Å²) in [5, 5.41) is 0. The number of amides is 1. The number of benzene rings is 1. The van der Waals surface area contributed by atoms with Gasteiger partial charge in [-0.2, -0.15) is 0 Å². The van der Waals surface area contributed by atoms with Crippen molar-refractivity contribution in [3.8, 4) is 11.4 Å². The minimum Gasteiger partial charge on any atom is -0.398 e. The van der Waals surface area contributed by atoms with Gasteiger partial charge in [0.05, 0.1) is 23.7 Å². The molecule has 0 radical (unpaired) electrons. The number of imidazole rings is 1. The molecule has 5 rings (SSSR count). The summed E-state index contributed by atoms with van der Waals surface area (Å²) in [6.07, 6.45) is 5.62. The first kappa shape index (κ1) is 26.0. The highest BCUT2D eigenvalue weighted by atomic mass is 35.5. The van der Waals surface area contributed by atoms with Crippen LogP contribution in [0.1, 0.15) is 47.9 Å². The average molecular weight is 517 g/mol. The Morgan fingerprint density at radius 3 is 2.42 bits per heavy atom. The number of anilines is 2. The highest BCUT2D eigenvalue weighted by molar-refractivity contribution is 6.08. The molecule has 11 heteroatoms. The van der Waals surface area contributed by atoms with Crippen LogP contribution < -0.4 is 10.6 Å². The lowest BCUT2D eigenvalue weighted by Gasteiger charge is -2.33. The molecule has 0 aliphatic carbocycles. The average Bonchev–Trinajstić information content (AvgIpc) is 3.27. The molecule has 2 saturated heterocycles. The maximum Gasteiger partial charge on any atom is 0.262 e. The molecule has 0 atom stereocenters. The van der Waals surface area contributed by atoms with Crippen LogP contribution in [0.2, 0.25) is 0 Å². The van der Waals surface area contributed by atoms with E-state index in [1.165, 1.54) is 0 Å². The van der Waals surface area contributed by atoms with E-state index in [1.807, 2.05) is 11.5 Å². The third-order valence-corrected chi connectivity index (χ3v) is 6.69. The van der Waals surface area contributed by atoms with Gasteiger partial charge in [0.25, 0.3) is 5.91 Å². The van der Waals surface area contributed by atoms with Crippen LogP contribution >= 0.6 is 12.4 Å². The smallest absolute Gasteiger partial charge is 0.262 e. The number of nitrogens with two attached hydrogens (primary N) is 1. The van der Waals surface area contributed by atoms with Gasteiger partial charge in [-0.05, 0) is 44.7 Å². The number of hydrogen-bond donors (Lipinski definition) is 1.